The van der Waals surface area contributed by atoms with E-state index in [9.17, 15) is 0 Å². The number of nitrogen functional groups attached to an aromatic ring is 1. The summed E-state index contributed by atoms with van der Waals surface area (Å²) in [5.41, 5.74) is 7.81. The molecule has 88 valence electrons. The van der Waals surface area contributed by atoms with Crippen LogP contribution in [0.15, 0.2) is 24.3 Å². The predicted octanol–water partition coefficient (Wildman–Crippen LogP) is 1.12. The summed E-state index contributed by atoms with van der Waals surface area (Å²) in [4.78, 5) is 2.21. The fourth-order valence-corrected chi connectivity index (χ4v) is 2.17. The molecule has 0 aromatic heterocycles. The number of nitrogens with zero attached hydrogens (tertiary/aromatic N) is 1. The predicted molar refractivity (Wildman–Crippen MR) is 64.7 cm³/mol. The molecule has 2 rings (SSSR count). The Balaban J connectivity index is 2.16. The highest BCUT2D eigenvalue weighted by atomic mass is 16.5. The number of anilines is 2. The van der Waals surface area contributed by atoms with Gasteiger partial charge in [-0.25, -0.2) is 0 Å². The van der Waals surface area contributed by atoms with Crippen LogP contribution >= 0.6 is 0 Å². The number of ether oxygens (including phenoxy) is 2. The fourth-order valence-electron chi connectivity index (χ4n) is 2.17. The van der Waals surface area contributed by atoms with Gasteiger partial charge >= 0.3 is 0 Å². The van der Waals surface area contributed by atoms with Gasteiger partial charge in [-0.2, -0.15) is 0 Å². The first-order chi connectivity index (χ1) is 7.76. The second-order valence-electron chi connectivity index (χ2n) is 4.01. The minimum atomic E-state index is 0.115. The zero-order valence-electron chi connectivity index (χ0n) is 9.72. The molecule has 4 nitrogen and oxygen atoms in total. The van der Waals surface area contributed by atoms with E-state index in [4.69, 9.17) is 15.2 Å². The maximum atomic E-state index is 5.95. The van der Waals surface area contributed by atoms with Crippen LogP contribution in [0, 0.1) is 0 Å². The number of rotatable bonds is 3. The molecule has 1 aliphatic rings. The topological polar surface area (TPSA) is 47.7 Å². The minimum Gasteiger partial charge on any atom is -0.397 e. The van der Waals surface area contributed by atoms with E-state index in [2.05, 4.69) is 4.90 Å². The van der Waals surface area contributed by atoms with E-state index in [-0.39, 0.29) is 12.2 Å². The maximum Gasteiger partial charge on any atom is 0.102 e. The van der Waals surface area contributed by atoms with Crippen molar-refractivity contribution in [3.63, 3.8) is 0 Å². The van der Waals surface area contributed by atoms with E-state index in [1.54, 1.807) is 14.2 Å². The van der Waals surface area contributed by atoms with Gasteiger partial charge in [0.05, 0.1) is 11.4 Å². The minimum absolute atomic E-state index is 0.115. The fraction of sp³-hybridized carbons (Fsp3) is 0.500. The largest absolute Gasteiger partial charge is 0.397 e. The van der Waals surface area contributed by atoms with E-state index >= 15 is 0 Å². The van der Waals surface area contributed by atoms with Crippen LogP contribution in [0.3, 0.4) is 0 Å². The molecule has 1 fully saturated rings. The number of methoxy groups -OCH3 is 2. The van der Waals surface area contributed by atoms with Crippen LogP contribution in [0.4, 0.5) is 11.4 Å². The van der Waals surface area contributed by atoms with Gasteiger partial charge in [0.1, 0.15) is 12.2 Å². The molecule has 16 heavy (non-hydrogen) atoms. The second kappa shape index (κ2) is 4.72. The van der Waals surface area contributed by atoms with Crippen LogP contribution in [-0.4, -0.2) is 39.5 Å². The highest BCUT2D eigenvalue weighted by Gasteiger charge is 2.33. The number of hydrogen-bond donors (Lipinski definition) is 1. The SMILES string of the molecule is COC1CN(c2ccccc2N)CC1OC. The first-order valence-corrected chi connectivity index (χ1v) is 5.41. The Morgan fingerprint density at radius 3 is 2.19 bits per heavy atom. The molecule has 0 spiro atoms. The molecule has 1 aromatic rings. The van der Waals surface area contributed by atoms with Crippen molar-refractivity contribution in [2.45, 2.75) is 12.2 Å². The van der Waals surface area contributed by atoms with E-state index < -0.39 is 0 Å². The third kappa shape index (κ3) is 1.99. The number of para-hydroxylation sites is 2. The standard InChI is InChI=1S/C12H18N2O2/c1-15-11-7-14(8-12(11)16-2)10-6-4-3-5-9(10)13/h3-6,11-12H,7-8,13H2,1-2H3. The van der Waals surface area contributed by atoms with Gasteiger partial charge in [0.2, 0.25) is 0 Å². The number of hydrogen-bond acceptors (Lipinski definition) is 4. The van der Waals surface area contributed by atoms with Gasteiger partial charge in [-0.1, -0.05) is 12.1 Å². The van der Waals surface area contributed by atoms with Gasteiger partial charge < -0.3 is 20.1 Å². The Morgan fingerprint density at radius 1 is 1.12 bits per heavy atom. The van der Waals surface area contributed by atoms with Crippen LogP contribution in [0.1, 0.15) is 0 Å². The van der Waals surface area contributed by atoms with Crippen molar-refractivity contribution in [1.82, 2.24) is 0 Å². The van der Waals surface area contributed by atoms with Crippen molar-refractivity contribution < 1.29 is 9.47 Å². The van der Waals surface area contributed by atoms with Crippen molar-refractivity contribution in [2.24, 2.45) is 0 Å². The van der Waals surface area contributed by atoms with Gasteiger partial charge in [-0.3, -0.25) is 0 Å². The normalized spacial score (nSPS) is 25.0. The average molecular weight is 222 g/mol. The zero-order valence-corrected chi connectivity index (χ0v) is 9.72. The summed E-state index contributed by atoms with van der Waals surface area (Å²) >= 11 is 0. The molecule has 0 bridgehead atoms. The smallest absolute Gasteiger partial charge is 0.102 e. The van der Waals surface area contributed by atoms with Crippen LogP contribution < -0.4 is 10.6 Å². The van der Waals surface area contributed by atoms with Crippen LogP contribution in [0.2, 0.25) is 0 Å². The summed E-state index contributed by atoms with van der Waals surface area (Å²) in [7, 11) is 3.43. The molecule has 0 radical (unpaired) electrons. The molecule has 0 saturated carbocycles. The summed E-state index contributed by atoms with van der Waals surface area (Å²) in [5, 5.41) is 0. The third-order valence-corrected chi connectivity index (χ3v) is 3.10. The van der Waals surface area contributed by atoms with E-state index in [0.717, 1.165) is 24.5 Å². The van der Waals surface area contributed by atoms with E-state index in [0.29, 0.717) is 0 Å². The van der Waals surface area contributed by atoms with Gasteiger partial charge in [0.25, 0.3) is 0 Å². The molecule has 0 amide bonds. The Morgan fingerprint density at radius 2 is 1.69 bits per heavy atom. The average Bonchev–Trinajstić information content (AvgIpc) is 2.72. The second-order valence-corrected chi connectivity index (χ2v) is 4.01. The van der Waals surface area contributed by atoms with Crippen LogP contribution in [0.5, 0.6) is 0 Å². The molecule has 0 aliphatic carbocycles. The van der Waals surface area contributed by atoms with Crippen LogP contribution in [-0.2, 0) is 9.47 Å². The van der Waals surface area contributed by atoms with Crippen molar-refractivity contribution in [1.29, 1.82) is 0 Å². The molecule has 2 N–H and O–H groups in total. The van der Waals surface area contributed by atoms with E-state index in [1.165, 1.54) is 0 Å². The first-order valence-electron chi connectivity index (χ1n) is 5.41. The number of nitrogens with two attached hydrogens (primary N) is 1. The maximum absolute atomic E-state index is 5.95. The lowest BCUT2D eigenvalue weighted by Gasteiger charge is -2.19. The van der Waals surface area contributed by atoms with Gasteiger partial charge in [0, 0.05) is 27.3 Å². The van der Waals surface area contributed by atoms with E-state index in [1.807, 2.05) is 24.3 Å². The molecule has 2 atom stereocenters. The molecule has 4 heteroatoms. The number of benzene rings is 1. The van der Waals surface area contributed by atoms with Gasteiger partial charge in [0.15, 0.2) is 0 Å². The lowest BCUT2D eigenvalue weighted by atomic mass is 10.2. The molecular weight excluding hydrogens is 204 g/mol. The molecular formula is C12H18N2O2. The summed E-state index contributed by atoms with van der Waals surface area (Å²) in [6.07, 6.45) is 0.231. The monoisotopic (exact) mass is 222 g/mol. The Hall–Kier alpha value is -1.26. The van der Waals surface area contributed by atoms with Gasteiger partial charge in [-0.05, 0) is 12.1 Å². The molecule has 1 saturated heterocycles. The van der Waals surface area contributed by atoms with Crippen LogP contribution in [0.25, 0.3) is 0 Å². The summed E-state index contributed by atoms with van der Waals surface area (Å²) < 4.78 is 10.8. The highest BCUT2D eigenvalue weighted by molar-refractivity contribution is 5.67. The lowest BCUT2D eigenvalue weighted by molar-refractivity contribution is -0.00461. The summed E-state index contributed by atoms with van der Waals surface area (Å²) in [5.74, 6) is 0. The van der Waals surface area contributed by atoms with Crippen molar-refractivity contribution in [2.75, 3.05) is 37.9 Å². The summed E-state index contributed by atoms with van der Waals surface area (Å²) in [6.45, 7) is 1.65. The van der Waals surface area contributed by atoms with Crippen molar-refractivity contribution in [3.05, 3.63) is 24.3 Å². The Bertz CT molecular complexity index is 345. The van der Waals surface area contributed by atoms with Gasteiger partial charge in [-0.15, -0.1) is 0 Å². The van der Waals surface area contributed by atoms with Crippen molar-refractivity contribution in [3.8, 4) is 0 Å². The van der Waals surface area contributed by atoms with Crippen molar-refractivity contribution >= 4 is 11.4 Å². The molecule has 1 aliphatic heterocycles. The Kier molecular flexibility index (Phi) is 3.31. The first kappa shape index (κ1) is 11.2. The molecule has 1 aromatic carbocycles. The quantitative estimate of drug-likeness (QED) is 0.778. The third-order valence-electron chi connectivity index (χ3n) is 3.10. The molecule has 2 unspecified atom stereocenters. The highest BCUT2D eigenvalue weighted by Crippen LogP contribution is 2.27. The summed E-state index contributed by atoms with van der Waals surface area (Å²) in [6, 6.07) is 7.88. The lowest BCUT2D eigenvalue weighted by Crippen LogP contribution is -2.27. The Labute approximate surface area is 95.9 Å². The zero-order chi connectivity index (χ0) is 11.5. The molecule has 1 heterocycles.